The number of allylic oxidation sites excluding steroid dienone is 2. The molecule has 1 aromatic carbocycles. The molecule has 0 saturated heterocycles. The summed E-state index contributed by atoms with van der Waals surface area (Å²) in [4.78, 5) is 22.3. The van der Waals surface area contributed by atoms with Crippen molar-refractivity contribution < 1.29 is 9.72 Å². The maximum atomic E-state index is 11.9. The summed E-state index contributed by atoms with van der Waals surface area (Å²) in [5.74, 6) is 0.194. The van der Waals surface area contributed by atoms with Gasteiger partial charge in [0.25, 0.3) is 5.69 Å². The Kier molecular flexibility index (Phi) is 3.94. The first kappa shape index (κ1) is 13.3. The van der Waals surface area contributed by atoms with Gasteiger partial charge in [-0.15, -0.1) is 0 Å². The highest BCUT2D eigenvalue weighted by Gasteiger charge is 2.17. The molecule has 1 amide bonds. The number of anilines is 1. The highest BCUT2D eigenvalue weighted by atomic mass is 16.6. The zero-order chi connectivity index (χ0) is 13.8. The molecule has 0 spiro atoms. The molecule has 100 valence electrons. The van der Waals surface area contributed by atoms with Crippen molar-refractivity contribution in [3.05, 3.63) is 46.0 Å². The number of amides is 1. The number of hydrogen-bond acceptors (Lipinski definition) is 3. The first-order chi connectivity index (χ1) is 9.08. The smallest absolute Gasteiger partial charge is 0.274 e. The van der Waals surface area contributed by atoms with Crippen LogP contribution in [0.5, 0.6) is 0 Å². The lowest BCUT2D eigenvalue weighted by Gasteiger charge is -2.10. The van der Waals surface area contributed by atoms with Gasteiger partial charge < -0.3 is 5.32 Å². The van der Waals surface area contributed by atoms with E-state index in [1.54, 1.807) is 19.1 Å². The molecule has 1 atom stereocenters. The van der Waals surface area contributed by atoms with Gasteiger partial charge >= 0.3 is 0 Å². The van der Waals surface area contributed by atoms with Crippen molar-refractivity contribution in [3.8, 4) is 0 Å². The van der Waals surface area contributed by atoms with E-state index in [9.17, 15) is 14.9 Å². The summed E-state index contributed by atoms with van der Waals surface area (Å²) >= 11 is 0. The molecule has 1 aromatic rings. The maximum absolute atomic E-state index is 11.9. The number of carbonyl (C=O) groups excluding carboxylic acids is 1. The Morgan fingerprint density at radius 1 is 1.53 bits per heavy atom. The molecule has 0 saturated carbocycles. The summed E-state index contributed by atoms with van der Waals surface area (Å²) in [6.07, 6.45) is 6.59. The summed E-state index contributed by atoms with van der Waals surface area (Å²) in [6.45, 7) is 1.64. The predicted molar refractivity (Wildman–Crippen MR) is 72.9 cm³/mol. The molecule has 1 aliphatic rings. The number of nitrogens with one attached hydrogen (secondary N) is 1. The summed E-state index contributed by atoms with van der Waals surface area (Å²) in [5.41, 5.74) is 1.03. The standard InChI is InChI=1S/C14H16N2O3/c1-10-12(7-4-8-13(10)16(18)19)15-14(17)9-11-5-2-3-6-11/h2,4-5,7-8,11H,3,6,9H2,1H3,(H,15,17). The van der Waals surface area contributed by atoms with Gasteiger partial charge in [-0.3, -0.25) is 14.9 Å². The molecular weight excluding hydrogens is 244 g/mol. The molecule has 5 nitrogen and oxygen atoms in total. The zero-order valence-corrected chi connectivity index (χ0v) is 10.8. The average Bonchev–Trinajstić information content (AvgIpc) is 2.84. The lowest BCUT2D eigenvalue weighted by Crippen LogP contribution is -2.15. The van der Waals surface area contributed by atoms with Gasteiger partial charge in [0.05, 0.1) is 16.2 Å². The van der Waals surface area contributed by atoms with Crippen LogP contribution in [-0.2, 0) is 4.79 Å². The van der Waals surface area contributed by atoms with Crippen LogP contribution >= 0.6 is 0 Å². The molecule has 5 heteroatoms. The van der Waals surface area contributed by atoms with Gasteiger partial charge in [-0.1, -0.05) is 18.2 Å². The van der Waals surface area contributed by atoms with Gasteiger partial charge in [-0.05, 0) is 31.7 Å². The molecular formula is C14H16N2O3. The van der Waals surface area contributed by atoms with Gasteiger partial charge in [0.2, 0.25) is 5.91 Å². The molecule has 0 radical (unpaired) electrons. The zero-order valence-electron chi connectivity index (χ0n) is 10.8. The van der Waals surface area contributed by atoms with Crippen molar-refractivity contribution in [2.75, 3.05) is 5.32 Å². The predicted octanol–water partition coefficient (Wildman–Crippen LogP) is 3.20. The number of nitrogens with zero attached hydrogens (tertiary/aromatic N) is 1. The first-order valence-electron chi connectivity index (χ1n) is 6.28. The van der Waals surface area contributed by atoms with Crippen LogP contribution in [0.25, 0.3) is 0 Å². The SMILES string of the molecule is Cc1c(NC(=O)CC2C=CCC2)cccc1[N+](=O)[O-]. The minimum Gasteiger partial charge on any atom is -0.326 e. The van der Waals surface area contributed by atoms with E-state index in [2.05, 4.69) is 17.5 Å². The number of benzene rings is 1. The molecule has 19 heavy (non-hydrogen) atoms. The second-order valence-electron chi connectivity index (χ2n) is 4.72. The third kappa shape index (κ3) is 3.19. The Bertz CT molecular complexity index is 537. The summed E-state index contributed by atoms with van der Waals surface area (Å²) in [5, 5.41) is 13.6. The Labute approximate surface area is 111 Å². The van der Waals surface area contributed by atoms with Crippen LogP contribution in [0.2, 0.25) is 0 Å². The monoisotopic (exact) mass is 260 g/mol. The normalized spacial score (nSPS) is 17.4. The highest BCUT2D eigenvalue weighted by Crippen LogP contribution is 2.26. The van der Waals surface area contributed by atoms with Gasteiger partial charge in [0.1, 0.15) is 0 Å². The largest absolute Gasteiger partial charge is 0.326 e. The van der Waals surface area contributed by atoms with Gasteiger partial charge in [0.15, 0.2) is 0 Å². The third-order valence-electron chi connectivity index (χ3n) is 3.34. The summed E-state index contributed by atoms with van der Waals surface area (Å²) in [6, 6.07) is 4.70. The van der Waals surface area contributed by atoms with E-state index in [0.29, 0.717) is 23.6 Å². The third-order valence-corrected chi connectivity index (χ3v) is 3.34. The Balaban J connectivity index is 2.06. The van der Waals surface area contributed by atoms with Crippen LogP contribution in [0.15, 0.2) is 30.4 Å². The van der Waals surface area contributed by atoms with E-state index in [0.717, 1.165) is 12.8 Å². The minimum atomic E-state index is -0.440. The molecule has 0 fully saturated rings. The van der Waals surface area contributed by atoms with E-state index in [1.807, 2.05) is 0 Å². The Morgan fingerprint density at radius 2 is 2.32 bits per heavy atom. The molecule has 0 bridgehead atoms. The molecule has 0 aliphatic heterocycles. The van der Waals surface area contributed by atoms with Crippen molar-refractivity contribution in [1.29, 1.82) is 0 Å². The lowest BCUT2D eigenvalue weighted by atomic mass is 10.0. The Morgan fingerprint density at radius 3 is 2.95 bits per heavy atom. The van der Waals surface area contributed by atoms with E-state index >= 15 is 0 Å². The second kappa shape index (κ2) is 5.65. The van der Waals surface area contributed by atoms with E-state index in [4.69, 9.17) is 0 Å². The summed E-state index contributed by atoms with van der Waals surface area (Å²) < 4.78 is 0. The number of hydrogen-bond donors (Lipinski definition) is 1. The number of nitro benzene ring substituents is 1. The molecule has 0 aromatic heterocycles. The number of nitro groups is 1. The van der Waals surface area contributed by atoms with Crippen LogP contribution in [0.1, 0.15) is 24.8 Å². The van der Waals surface area contributed by atoms with Crippen LogP contribution < -0.4 is 5.32 Å². The molecule has 1 aliphatic carbocycles. The molecule has 2 rings (SSSR count). The number of rotatable bonds is 4. The van der Waals surface area contributed by atoms with E-state index < -0.39 is 4.92 Å². The van der Waals surface area contributed by atoms with Crippen molar-refractivity contribution >= 4 is 17.3 Å². The fourth-order valence-corrected chi connectivity index (χ4v) is 2.26. The van der Waals surface area contributed by atoms with Crippen molar-refractivity contribution in [1.82, 2.24) is 0 Å². The van der Waals surface area contributed by atoms with E-state index in [-0.39, 0.29) is 11.6 Å². The second-order valence-corrected chi connectivity index (χ2v) is 4.72. The molecule has 1 N–H and O–H groups in total. The Hall–Kier alpha value is -2.17. The highest BCUT2D eigenvalue weighted by molar-refractivity contribution is 5.92. The van der Waals surface area contributed by atoms with Crippen LogP contribution in [0.3, 0.4) is 0 Å². The fourth-order valence-electron chi connectivity index (χ4n) is 2.26. The topological polar surface area (TPSA) is 72.2 Å². The van der Waals surface area contributed by atoms with Gasteiger partial charge in [-0.25, -0.2) is 0 Å². The average molecular weight is 260 g/mol. The van der Waals surface area contributed by atoms with Gasteiger partial charge in [0, 0.05) is 12.5 Å². The van der Waals surface area contributed by atoms with Crippen LogP contribution in [0, 0.1) is 23.0 Å². The van der Waals surface area contributed by atoms with Gasteiger partial charge in [-0.2, -0.15) is 0 Å². The first-order valence-corrected chi connectivity index (χ1v) is 6.28. The van der Waals surface area contributed by atoms with Crippen molar-refractivity contribution in [3.63, 3.8) is 0 Å². The van der Waals surface area contributed by atoms with Crippen molar-refractivity contribution in [2.45, 2.75) is 26.2 Å². The fraction of sp³-hybridized carbons (Fsp3) is 0.357. The summed E-state index contributed by atoms with van der Waals surface area (Å²) in [7, 11) is 0. The van der Waals surface area contributed by atoms with E-state index in [1.165, 1.54) is 6.07 Å². The quantitative estimate of drug-likeness (QED) is 0.513. The molecule has 0 heterocycles. The van der Waals surface area contributed by atoms with Crippen molar-refractivity contribution in [2.24, 2.45) is 5.92 Å². The van der Waals surface area contributed by atoms with Crippen LogP contribution in [-0.4, -0.2) is 10.8 Å². The van der Waals surface area contributed by atoms with Crippen LogP contribution in [0.4, 0.5) is 11.4 Å². The maximum Gasteiger partial charge on any atom is 0.274 e. The minimum absolute atomic E-state index is 0.0264. The lowest BCUT2D eigenvalue weighted by molar-refractivity contribution is -0.385. The molecule has 1 unspecified atom stereocenters. The number of carbonyl (C=O) groups is 1.